The third-order valence-electron chi connectivity index (χ3n) is 6.25. The fraction of sp³-hybridized carbons (Fsp3) is 0.481. The lowest BCUT2D eigenvalue weighted by atomic mass is 9.92. The predicted molar refractivity (Wildman–Crippen MR) is 148 cm³/mol. The lowest BCUT2D eigenvalue weighted by Gasteiger charge is -2.32. The highest BCUT2D eigenvalue weighted by Crippen LogP contribution is 2.45. The number of nitrogens with one attached hydrogen (secondary N) is 1. The van der Waals surface area contributed by atoms with E-state index in [1.807, 2.05) is 4.72 Å². The number of carbonyl (C=O) groups is 2. The lowest BCUT2D eigenvalue weighted by Crippen LogP contribution is -2.47. The van der Waals surface area contributed by atoms with Gasteiger partial charge in [-0.3, -0.25) is 14.3 Å². The molecule has 2 aromatic rings. The minimum Gasteiger partial charge on any atom is -0.493 e. The van der Waals surface area contributed by atoms with Gasteiger partial charge in [-0.1, -0.05) is 44.5 Å². The molecule has 10 nitrogen and oxygen atoms in total. The molecule has 12 heteroatoms. The van der Waals surface area contributed by atoms with E-state index in [2.05, 4.69) is 0 Å². The van der Waals surface area contributed by atoms with Crippen molar-refractivity contribution < 1.29 is 37.3 Å². The Kier molecular flexibility index (Phi) is 9.87. The van der Waals surface area contributed by atoms with E-state index < -0.39 is 45.9 Å². The summed E-state index contributed by atoms with van der Waals surface area (Å²) < 4.78 is 44.0. The lowest BCUT2D eigenvalue weighted by molar-refractivity contribution is -0.137. The minimum atomic E-state index is -3.87. The van der Waals surface area contributed by atoms with Crippen LogP contribution in [0.25, 0.3) is 0 Å². The van der Waals surface area contributed by atoms with Crippen molar-refractivity contribution in [3.63, 3.8) is 0 Å². The van der Waals surface area contributed by atoms with Crippen LogP contribution in [-0.2, 0) is 24.3 Å². The molecule has 0 aromatic heterocycles. The number of sulfonamides is 1. The molecule has 1 aliphatic heterocycles. The van der Waals surface area contributed by atoms with Gasteiger partial charge in [0.25, 0.3) is 5.91 Å². The fourth-order valence-electron chi connectivity index (χ4n) is 4.41. The van der Waals surface area contributed by atoms with Crippen LogP contribution in [0.2, 0.25) is 5.02 Å². The van der Waals surface area contributed by atoms with Gasteiger partial charge >= 0.3 is 0 Å². The van der Waals surface area contributed by atoms with Gasteiger partial charge < -0.3 is 24.2 Å². The van der Waals surface area contributed by atoms with Gasteiger partial charge in [-0.05, 0) is 30.7 Å². The highest BCUT2D eigenvalue weighted by atomic mass is 35.5. The molecule has 0 fully saturated rings. The fourth-order valence-corrected chi connectivity index (χ4v) is 5.66. The summed E-state index contributed by atoms with van der Waals surface area (Å²) in [6.07, 6.45) is -2.55. The summed E-state index contributed by atoms with van der Waals surface area (Å²) in [5, 5.41) is 10.4. The van der Waals surface area contributed by atoms with Crippen LogP contribution >= 0.6 is 11.6 Å². The van der Waals surface area contributed by atoms with Crippen LogP contribution in [-0.4, -0.2) is 64.6 Å². The number of fused-ring (bicyclic) bond motifs is 1. The molecule has 1 aliphatic rings. The average molecular weight is 583 g/mol. The Balaban J connectivity index is 2.19. The molecule has 2 atom stereocenters. The number of carbonyl (C=O) groups excluding carboxylic acids is 2. The number of ether oxygens (including phenoxy) is 3. The third-order valence-corrected chi connectivity index (χ3v) is 7.97. The van der Waals surface area contributed by atoms with Crippen molar-refractivity contribution >= 4 is 39.1 Å². The molecule has 2 aromatic carbocycles. The Hall–Kier alpha value is -2.86. The van der Waals surface area contributed by atoms with Crippen molar-refractivity contribution in [3.8, 4) is 11.5 Å². The Bertz CT molecular complexity index is 1310. The molecule has 2 N–H and O–H groups in total. The maximum absolute atomic E-state index is 14.0. The van der Waals surface area contributed by atoms with E-state index in [1.54, 1.807) is 57.2 Å². The van der Waals surface area contributed by atoms with Crippen LogP contribution in [0.4, 0.5) is 5.69 Å². The molecule has 0 bridgehead atoms. The zero-order valence-corrected chi connectivity index (χ0v) is 24.3. The third kappa shape index (κ3) is 7.21. The number of hydrogen-bond acceptors (Lipinski definition) is 8. The van der Waals surface area contributed by atoms with Gasteiger partial charge in [0.15, 0.2) is 11.5 Å². The second kappa shape index (κ2) is 12.5. The summed E-state index contributed by atoms with van der Waals surface area (Å²) in [5.74, 6) is -0.879. The number of para-hydroxylation sites is 1. The van der Waals surface area contributed by atoms with Crippen molar-refractivity contribution in [1.29, 1.82) is 0 Å². The first-order valence-electron chi connectivity index (χ1n) is 12.5. The van der Waals surface area contributed by atoms with Crippen molar-refractivity contribution in [1.82, 2.24) is 4.72 Å². The summed E-state index contributed by atoms with van der Waals surface area (Å²) >= 11 is 6.40. The number of methoxy groups -OCH3 is 2. The minimum absolute atomic E-state index is 0.0918. The second-order valence-electron chi connectivity index (χ2n) is 10.1. The zero-order valence-electron chi connectivity index (χ0n) is 22.7. The molecule has 0 spiro atoms. The predicted octanol–water partition coefficient (Wildman–Crippen LogP) is 3.44. The highest BCUT2D eigenvalue weighted by Gasteiger charge is 2.41. The number of anilines is 1. The topological polar surface area (TPSA) is 131 Å². The van der Waals surface area contributed by atoms with Crippen LogP contribution in [0.1, 0.15) is 50.8 Å². The largest absolute Gasteiger partial charge is 0.493 e. The maximum Gasteiger partial charge on any atom is 0.256 e. The maximum atomic E-state index is 14.0. The van der Waals surface area contributed by atoms with Crippen molar-refractivity contribution in [2.45, 2.75) is 45.8 Å². The number of aliphatic hydroxyl groups is 1. The molecule has 214 valence electrons. The molecule has 0 saturated carbocycles. The summed E-state index contributed by atoms with van der Waals surface area (Å²) in [4.78, 5) is 28.3. The monoisotopic (exact) mass is 582 g/mol. The van der Waals surface area contributed by atoms with Crippen LogP contribution in [0.3, 0.4) is 0 Å². The molecule has 0 aliphatic carbocycles. The summed E-state index contributed by atoms with van der Waals surface area (Å²) in [6.45, 7) is 5.14. The molecular weight excluding hydrogens is 548 g/mol. The van der Waals surface area contributed by atoms with Gasteiger partial charge in [-0.2, -0.15) is 0 Å². The number of benzene rings is 2. The SMILES string of the molecule is CCCS(=O)(=O)NC(=O)C[C@H]1O[C@H](c2cccc(OC)c2OC)c2cc(Cl)ccc2N(CC(C)(C)CO)C1=O. The first-order chi connectivity index (χ1) is 18.4. The zero-order chi connectivity index (χ0) is 29.0. The Labute approximate surface area is 234 Å². The normalized spacial score (nSPS) is 17.8. The Morgan fingerprint density at radius 3 is 2.51 bits per heavy atom. The van der Waals surface area contributed by atoms with Gasteiger partial charge in [0.2, 0.25) is 15.9 Å². The van der Waals surface area contributed by atoms with Crippen LogP contribution < -0.4 is 19.1 Å². The van der Waals surface area contributed by atoms with E-state index in [4.69, 9.17) is 25.8 Å². The summed E-state index contributed by atoms with van der Waals surface area (Å²) in [5.41, 5.74) is 0.803. The quantitative estimate of drug-likeness (QED) is 0.412. The smallest absolute Gasteiger partial charge is 0.256 e. The number of amides is 2. The van der Waals surface area contributed by atoms with E-state index in [-0.39, 0.29) is 18.9 Å². The van der Waals surface area contributed by atoms with Crippen molar-refractivity contribution in [2.24, 2.45) is 5.41 Å². The summed E-state index contributed by atoms with van der Waals surface area (Å²) in [7, 11) is -0.900. The Morgan fingerprint density at radius 1 is 1.18 bits per heavy atom. The molecule has 0 unspecified atom stereocenters. The van der Waals surface area contributed by atoms with E-state index in [0.717, 1.165) is 0 Å². The molecule has 0 radical (unpaired) electrons. The van der Waals surface area contributed by atoms with E-state index >= 15 is 0 Å². The number of aliphatic hydroxyl groups excluding tert-OH is 1. The standard InChI is InChI=1S/C27H35ClN2O8S/c1-6-12-39(34,35)29-23(32)14-22-26(33)30(15-27(2,3)16-31)20-11-10-17(28)13-19(20)24(38-22)18-8-7-9-21(36-4)25(18)37-5/h7-11,13,22,24,31H,6,12,14-16H2,1-5H3,(H,29,32)/t22-,24-/m1/s1. The van der Waals surface area contributed by atoms with Gasteiger partial charge in [0.1, 0.15) is 12.2 Å². The van der Waals surface area contributed by atoms with Gasteiger partial charge in [-0.15, -0.1) is 0 Å². The van der Waals surface area contributed by atoms with E-state index in [9.17, 15) is 23.1 Å². The van der Waals surface area contributed by atoms with Gasteiger partial charge in [0, 0.05) is 40.4 Å². The summed E-state index contributed by atoms with van der Waals surface area (Å²) in [6, 6.07) is 10.2. The molecule has 2 amide bonds. The molecule has 0 saturated heterocycles. The number of nitrogens with zero attached hydrogens (tertiary/aromatic N) is 1. The molecule has 39 heavy (non-hydrogen) atoms. The van der Waals surface area contributed by atoms with E-state index in [1.165, 1.54) is 19.1 Å². The molecular formula is C27H35ClN2O8S. The van der Waals surface area contributed by atoms with Crippen molar-refractivity contribution in [3.05, 3.63) is 52.5 Å². The molecule has 1 heterocycles. The number of rotatable bonds is 11. The van der Waals surface area contributed by atoms with Gasteiger partial charge in [-0.25, -0.2) is 8.42 Å². The van der Waals surface area contributed by atoms with Crippen LogP contribution in [0, 0.1) is 5.41 Å². The van der Waals surface area contributed by atoms with Gasteiger partial charge in [0.05, 0.1) is 26.4 Å². The average Bonchev–Trinajstić information content (AvgIpc) is 2.97. The number of hydrogen-bond donors (Lipinski definition) is 2. The Morgan fingerprint density at radius 2 is 1.90 bits per heavy atom. The number of halogens is 1. The van der Waals surface area contributed by atoms with Crippen LogP contribution in [0.15, 0.2) is 36.4 Å². The second-order valence-corrected chi connectivity index (χ2v) is 12.4. The van der Waals surface area contributed by atoms with Crippen LogP contribution in [0.5, 0.6) is 11.5 Å². The highest BCUT2D eigenvalue weighted by molar-refractivity contribution is 7.90. The molecule has 3 rings (SSSR count). The first-order valence-corrected chi connectivity index (χ1v) is 14.5. The van der Waals surface area contributed by atoms with E-state index in [0.29, 0.717) is 39.8 Å². The first kappa shape index (κ1) is 30.7. The van der Waals surface area contributed by atoms with Crippen molar-refractivity contribution in [2.75, 3.05) is 38.0 Å².